The minimum Gasteiger partial charge on any atom is -0.271 e. The van der Waals surface area contributed by atoms with E-state index in [4.69, 9.17) is 5.84 Å². The smallest absolute Gasteiger partial charge is 0.0646 e. The first-order chi connectivity index (χ1) is 6.65. The minimum absolute atomic E-state index is 0.0722. The molecule has 1 unspecified atom stereocenters. The lowest BCUT2D eigenvalue weighted by Gasteiger charge is -2.14. The van der Waals surface area contributed by atoms with E-state index >= 15 is 0 Å². The van der Waals surface area contributed by atoms with Gasteiger partial charge in [-0.05, 0) is 38.0 Å². The van der Waals surface area contributed by atoms with E-state index in [1.54, 1.807) is 6.20 Å². The van der Waals surface area contributed by atoms with Crippen LogP contribution in [-0.4, -0.2) is 4.98 Å². The average molecular weight is 191 g/mol. The molecule has 3 nitrogen and oxygen atoms in total. The maximum Gasteiger partial charge on any atom is 0.0646 e. The molecule has 1 aromatic rings. The summed E-state index contributed by atoms with van der Waals surface area (Å²) in [6, 6.07) is 2.06. The Hall–Kier alpha value is -1.19. The van der Waals surface area contributed by atoms with E-state index in [-0.39, 0.29) is 6.04 Å². The molecule has 0 radical (unpaired) electrons. The van der Waals surface area contributed by atoms with Crippen LogP contribution in [0.15, 0.2) is 30.1 Å². The number of hydrogen-bond acceptors (Lipinski definition) is 3. The van der Waals surface area contributed by atoms with Crippen molar-refractivity contribution in [2.45, 2.75) is 26.8 Å². The Labute approximate surface area is 85.0 Å². The maximum atomic E-state index is 5.51. The van der Waals surface area contributed by atoms with Gasteiger partial charge < -0.3 is 0 Å². The Kier molecular flexibility index (Phi) is 3.80. The third kappa shape index (κ3) is 2.65. The first-order valence-electron chi connectivity index (χ1n) is 4.67. The number of nitrogens with two attached hydrogens (primary N) is 1. The summed E-state index contributed by atoms with van der Waals surface area (Å²) in [5.74, 6) is 5.51. The van der Waals surface area contributed by atoms with Gasteiger partial charge in [-0.1, -0.05) is 11.6 Å². The van der Waals surface area contributed by atoms with Crippen molar-refractivity contribution in [1.29, 1.82) is 0 Å². The number of hydrazine groups is 1. The average Bonchev–Trinajstić information content (AvgIpc) is 2.15. The van der Waals surface area contributed by atoms with Gasteiger partial charge in [0, 0.05) is 12.4 Å². The molecule has 76 valence electrons. The molecule has 1 rings (SSSR count). The summed E-state index contributed by atoms with van der Waals surface area (Å²) >= 11 is 0. The Morgan fingerprint density at radius 3 is 2.79 bits per heavy atom. The Balaban J connectivity index is 3.01. The number of aryl methyl sites for hydroxylation is 1. The number of allylic oxidation sites excluding steroid dienone is 1. The van der Waals surface area contributed by atoms with Crippen LogP contribution in [0.4, 0.5) is 0 Å². The topological polar surface area (TPSA) is 50.9 Å². The van der Waals surface area contributed by atoms with Gasteiger partial charge in [-0.25, -0.2) is 5.43 Å². The molecule has 1 atom stereocenters. The van der Waals surface area contributed by atoms with Gasteiger partial charge in [-0.15, -0.1) is 0 Å². The molecule has 0 fully saturated rings. The Morgan fingerprint density at radius 1 is 1.57 bits per heavy atom. The fourth-order valence-electron chi connectivity index (χ4n) is 1.39. The minimum atomic E-state index is 0.0722. The molecule has 14 heavy (non-hydrogen) atoms. The van der Waals surface area contributed by atoms with Crippen molar-refractivity contribution < 1.29 is 0 Å². The fraction of sp³-hybridized carbons (Fsp3) is 0.364. The summed E-state index contributed by atoms with van der Waals surface area (Å²) in [5.41, 5.74) is 6.34. The SMILES string of the molecule is CC(C)=CC(NN)c1ccncc1C. The second-order valence-corrected chi connectivity index (χ2v) is 3.62. The van der Waals surface area contributed by atoms with Gasteiger partial charge in [0.1, 0.15) is 0 Å². The van der Waals surface area contributed by atoms with Crippen molar-refractivity contribution in [1.82, 2.24) is 10.4 Å². The van der Waals surface area contributed by atoms with Crippen molar-refractivity contribution >= 4 is 0 Å². The third-order valence-corrected chi connectivity index (χ3v) is 2.08. The van der Waals surface area contributed by atoms with Gasteiger partial charge in [-0.2, -0.15) is 0 Å². The highest BCUT2D eigenvalue weighted by Crippen LogP contribution is 2.17. The van der Waals surface area contributed by atoms with Gasteiger partial charge in [-0.3, -0.25) is 10.8 Å². The van der Waals surface area contributed by atoms with Gasteiger partial charge in [0.15, 0.2) is 0 Å². The predicted octanol–water partition coefficient (Wildman–Crippen LogP) is 1.86. The number of rotatable bonds is 3. The van der Waals surface area contributed by atoms with Crippen LogP contribution in [0.1, 0.15) is 31.0 Å². The lowest BCUT2D eigenvalue weighted by Crippen LogP contribution is -2.27. The Bertz CT molecular complexity index is 327. The molecule has 1 heterocycles. The number of nitrogens with one attached hydrogen (secondary N) is 1. The van der Waals surface area contributed by atoms with E-state index in [0.29, 0.717) is 0 Å². The van der Waals surface area contributed by atoms with Crippen molar-refractivity contribution in [3.8, 4) is 0 Å². The molecule has 3 N–H and O–H groups in total. The zero-order valence-corrected chi connectivity index (χ0v) is 8.91. The highest BCUT2D eigenvalue weighted by molar-refractivity contribution is 5.29. The molecule has 0 aliphatic rings. The second-order valence-electron chi connectivity index (χ2n) is 3.62. The highest BCUT2D eigenvalue weighted by atomic mass is 15.2. The van der Waals surface area contributed by atoms with Crippen molar-refractivity contribution in [3.05, 3.63) is 41.2 Å². The molecule has 0 bridgehead atoms. The molecule has 0 aliphatic heterocycles. The summed E-state index contributed by atoms with van der Waals surface area (Å²) in [5, 5.41) is 0. The van der Waals surface area contributed by atoms with E-state index in [1.165, 1.54) is 11.1 Å². The molecule has 0 aromatic carbocycles. The first-order valence-corrected chi connectivity index (χ1v) is 4.67. The van der Waals surface area contributed by atoms with Crippen LogP contribution < -0.4 is 11.3 Å². The molecule has 0 saturated carbocycles. The molecule has 3 heteroatoms. The molecule has 0 saturated heterocycles. The highest BCUT2D eigenvalue weighted by Gasteiger charge is 2.08. The van der Waals surface area contributed by atoms with Crippen LogP contribution in [0, 0.1) is 6.92 Å². The summed E-state index contributed by atoms with van der Waals surface area (Å²) < 4.78 is 0. The lowest BCUT2D eigenvalue weighted by atomic mass is 10.0. The van der Waals surface area contributed by atoms with Crippen LogP contribution >= 0.6 is 0 Å². The third-order valence-electron chi connectivity index (χ3n) is 2.08. The van der Waals surface area contributed by atoms with E-state index < -0.39 is 0 Å². The summed E-state index contributed by atoms with van der Waals surface area (Å²) in [7, 11) is 0. The van der Waals surface area contributed by atoms with Crippen molar-refractivity contribution in [2.75, 3.05) is 0 Å². The zero-order valence-electron chi connectivity index (χ0n) is 8.91. The van der Waals surface area contributed by atoms with Crippen LogP contribution in [0.3, 0.4) is 0 Å². The first kappa shape index (κ1) is 10.9. The summed E-state index contributed by atoms with van der Waals surface area (Å²) in [4.78, 5) is 4.05. The largest absolute Gasteiger partial charge is 0.271 e. The number of aromatic nitrogens is 1. The van der Waals surface area contributed by atoms with Gasteiger partial charge in [0.25, 0.3) is 0 Å². The van der Waals surface area contributed by atoms with E-state index in [9.17, 15) is 0 Å². The fourth-order valence-corrected chi connectivity index (χ4v) is 1.39. The van der Waals surface area contributed by atoms with Crippen LogP contribution in [0.5, 0.6) is 0 Å². The number of pyridine rings is 1. The standard InChI is InChI=1S/C11H17N3/c1-8(2)6-11(14-12)10-4-5-13-7-9(10)3/h4-7,11,14H,12H2,1-3H3. The van der Waals surface area contributed by atoms with E-state index in [2.05, 4.69) is 30.3 Å². The van der Waals surface area contributed by atoms with Crippen LogP contribution in [-0.2, 0) is 0 Å². The van der Waals surface area contributed by atoms with Gasteiger partial charge in [0.2, 0.25) is 0 Å². The van der Waals surface area contributed by atoms with Crippen LogP contribution in [0.2, 0.25) is 0 Å². The predicted molar refractivity (Wildman–Crippen MR) is 58.5 cm³/mol. The molecule has 1 aromatic heterocycles. The van der Waals surface area contributed by atoms with E-state index in [0.717, 1.165) is 5.56 Å². The molecule has 0 amide bonds. The van der Waals surface area contributed by atoms with Gasteiger partial charge >= 0.3 is 0 Å². The van der Waals surface area contributed by atoms with Crippen molar-refractivity contribution in [3.63, 3.8) is 0 Å². The quantitative estimate of drug-likeness (QED) is 0.435. The Morgan fingerprint density at radius 2 is 2.29 bits per heavy atom. The summed E-state index contributed by atoms with van der Waals surface area (Å²) in [6.07, 6.45) is 5.73. The summed E-state index contributed by atoms with van der Waals surface area (Å²) in [6.45, 7) is 6.15. The van der Waals surface area contributed by atoms with E-state index in [1.807, 2.05) is 19.2 Å². The van der Waals surface area contributed by atoms with Gasteiger partial charge in [0.05, 0.1) is 6.04 Å². The lowest BCUT2D eigenvalue weighted by molar-refractivity contribution is 0.647. The number of hydrogen-bond donors (Lipinski definition) is 2. The normalized spacial score (nSPS) is 12.3. The molecular weight excluding hydrogens is 174 g/mol. The maximum absolute atomic E-state index is 5.51. The van der Waals surface area contributed by atoms with Crippen molar-refractivity contribution in [2.24, 2.45) is 5.84 Å². The number of nitrogens with zero attached hydrogens (tertiary/aromatic N) is 1. The molecule has 0 spiro atoms. The molecular formula is C11H17N3. The molecule has 0 aliphatic carbocycles. The zero-order chi connectivity index (χ0) is 10.6. The second kappa shape index (κ2) is 4.88. The van der Waals surface area contributed by atoms with Crippen LogP contribution in [0.25, 0.3) is 0 Å². The monoisotopic (exact) mass is 191 g/mol.